The van der Waals surface area contributed by atoms with E-state index in [1.54, 1.807) is 0 Å². The van der Waals surface area contributed by atoms with E-state index < -0.39 is 0 Å². The van der Waals surface area contributed by atoms with Crippen LogP contribution in [0.5, 0.6) is 0 Å². The van der Waals surface area contributed by atoms with E-state index in [0.717, 1.165) is 30.6 Å². The van der Waals surface area contributed by atoms with Crippen molar-refractivity contribution in [3.8, 4) is 0 Å². The lowest BCUT2D eigenvalue weighted by Gasteiger charge is -2.32. The van der Waals surface area contributed by atoms with Crippen molar-refractivity contribution in [2.24, 2.45) is 0 Å². The predicted molar refractivity (Wildman–Crippen MR) is 80.0 cm³/mol. The molecule has 0 aliphatic rings. The Morgan fingerprint density at radius 3 is 2.60 bits per heavy atom. The number of nitrogens with zero attached hydrogens (tertiary/aromatic N) is 2. The summed E-state index contributed by atoms with van der Waals surface area (Å²) in [7, 11) is 3.99. The maximum absolute atomic E-state index is 12.2. The Labute approximate surface area is 121 Å². The fraction of sp³-hybridized carbons (Fsp3) is 0.733. The third kappa shape index (κ3) is 4.07. The first-order valence-electron chi connectivity index (χ1n) is 7.20. The molecule has 0 fully saturated rings. The van der Waals surface area contributed by atoms with Gasteiger partial charge in [-0.1, -0.05) is 18.5 Å². The van der Waals surface area contributed by atoms with Crippen LogP contribution in [0, 0.1) is 6.92 Å². The number of hydrogen-bond donors (Lipinski definition) is 1. The Morgan fingerprint density at radius 1 is 1.40 bits per heavy atom. The van der Waals surface area contributed by atoms with Crippen LogP contribution in [0.25, 0.3) is 0 Å². The summed E-state index contributed by atoms with van der Waals surface area (Å²) in [5, 5.41) is 6.84. The van der Waals surface area contributed by atoms with Gasteiger partial charge in [-0.2, -0.15) is 0 Å². The van der Waals surface area contributed by atoms with Crippen molar-refractivity contribution in [1.29, 1.82) is 0 Å². The number of unbranched alkanes of at least 4 members (excludes halogenated alkanes) is 1. The highest BCUT2D eigenvalue weighted by molar-refractivity contribution is 5.93. The molecule has 0 atom stereocenters. The molecule has 114 valence electrons. The van der Waals surface area contributed by atoms with Gasteiger partial charge in [-0.3, -0.25) is 4.79 Å². The van der Waals surface area contributed by atoms with Crippen molar-refractivity contribution < 1.29 is 9.32 Å². The molecule has 0 aliphatic heterocycles. The Morgan fingerprint density at radius 2 is 2.05 bits per heavy atom. The zero-order valence-electron chi connectivity index (χ0n) is 13.5. The van der Waals surface area contributed by atoms with Crippen molar-refractivity contribution in [2.45, 2.75) is 52.5 Å². The molecule has 1 aromatic heterocycles. The molecule has 1 amide bonds. The van der Waals surface area contributed by atoms with Gasteiger partial charge in [0.2, 0.25) is 0 Å². The van der Waals surface area contributed by atoms with Crippen molar-refractivity contribution in [1.82, 2.24) is 15.4 Å². The molecular weight excluding hydrogens is 254 g/mol. The van der Waals surface area contributed by atoms with Crippen molar-refractivity contribution in [3.05, 3.63) is 17.0 Å². The van der Waals surface area contributed by atoms with Gasteiger partial charge in [0.15, 0.2) is 5.69 Å². The number of aryl methyl sites for hydroxylation is 1. The van der Waals surface area contributed by atoms with Crippen LogP contribution in [0.2, 0.25) is 0 Å². The van der Waals surface area contributed by atoms with Gasteiger partial charge in [-0.25, -0.2) is 0 Å². The van der Waals surface area contributed by atoms with Crippen LogP contribution < -0.4 is 5.32 Å². The van der Waals surface area contributed by atoms with Gasteiger partial charge in [0.1, 0.15) is 5.76 Å². The van der Waals surface area contributed by atoms with Gasteiger partial charge in [0.05, 0.1) is 0 Å². The summed E-state index contributed by atoms with van der Waals surface area (Å²) in [6.45, 7) is 8.75. The zero-order chi connectivity index (χ0) is 15.3. The molecule has 1 N–H and O–H groups in total. The molecule has 5 nitrogen and oxygen atoms in total. The molecule has 0 aliphatic carbocycles. The van der Waals surface area contributed by atoms with Crippen molar-refractivity contribution >= 4 is 5.91 Å². The Kier molecular flexibility index (Phi) is 5.74. The minimum Gasteiger partial charge on any atom is -0.360 e. The molecule has 1 aromatic rings. The lowest BCUT2D eigenvalue weighted by Crippen LogP contribution is -2.48. The van der Waals surface area contributed by atoms with Crippen LogP contribution in [0.4, 0.5) is 0 Å². The Balaban J connectivity index is 2.67. The van der Waals surface area contributed by atoms with Gasteiger partial charge < -0.3 is 14.7 Å². The van der Waals surface area contributed by atoms with Crippen molar-refractivity contribution in [2.75, 3.05) is 20.6 Å². The predicted octanol–water partition coefficient (Wildman–Crippen LogP) is 2.40. The molecule has 0 spiro atoms. The highest BCUT2D eigenvalue weighted by Gasteiger charge is 2.24. The second kappa shape index (κ2) is 6.88. The molecule has 0 saturated carbocycles. The summed E-state index contributed by atoms with van der Waals surface area (Å²) in [5.41, 5.74) is 1.17. The summed E-state index contributed by atoms with van der Waals surface area (Å²) < 4.78 is 5.28. The Bertz CT molecular complexity index is 450. The highest BCUT2D eigenvalue weighted by Crippen LogP contribution is 2.16. The SMILES string of the molecule is CCCCc1onc(C(=O)NCC(C)(C)N(C)C)c1C. The Hall–Kier alpha value is -1.36. The molecule has 0 aromatic carbocycles. The lowest BCUT2D eigenvalue weighted by atomic mass is 10.0. The molecule has 5 heteroatoms. The van der Waals surface area contributed by atoms with Crippen molar-refractivity contribution in [3.63, 3.8) is 0 Å². The third-order valence-corrected chi connectivity index (χ3v) is 3.89. The van der Waals surface area contributed by atoms with Crippen LogP contribution in [0.3, 0.4) is 0 Å². The fourth-order valence-electron chi connectivity index (χ4n) is 1.69. The second-order valence-electron chi connectivity index (χ2n) is 6.07. The number of likely N-dealkylation sites (N-methyl/N-ethyl adjacent to an activating group) is 1. The number of carbonyl (C=O) groups excluding carboxylic acids is 1. The monoisotopic (exact) mass is 281 g/mol. The minimum absolute atomic E-state index is 0.0989. The largest absolute Gasteiger partial charge is 0.360 e. The summed E-state index contributed by atoms with van der Waals surface area (Å²) in [5.74, 6) is 0.660. The van der Waals surface area contributed by atoms with Gasteiger partial charge in [-0.15, -0.1) is 0 Å². The number of rotatable bonds is 7. The third-order valence-electron chi connectivity index (χ3n) is 3.89. The highest BCUT2D eigenvalue weighted by atomic mass is 16.5. The van der Waals surface area contributed by atoms with Crippen LogP contribution in [0.15, 0.2) is 4.52 Å². The number of hydrogen-bond acceptors (Lipinski definition) is 4. The normalized spacial score (nSPS) is 11.9. The fourth-order valence-corrected chi connectivity index (χ4v) is 1.69. The molecule has 1 rings (SSSR count). The van der Waals surface area contributed by atoms with E-state index >= 15 is 0 Å². The zero-order valence-corrected chi connectivity index (χ0v) is 13.5. The minimum atomic E-state index is -0.163. The number of aromatic nitrogens is 1. The molecule has 0 bridgehead atoms. The standard InChI is InChI=1S/C15H27N3O2/c1-7-8-9-12-11(2)13(17-20-12)14(19)16-10-15(3,4)18(5)6/h7-10H2,1-6H3,(H,16,19). The van der Waals surface area contributed by atoms with E-state index in [2.05, 4.69) is 36.1 Å². The maximum atomic E-state index is 12.2. The van der Waals surface area contributed by atoms with Gasteiger partial charge >= 0.3 is 0 Å². The van der Waals surface area contributed by atoms with E-state index in [1.807, 2.05) is 21.0 Å². The van der Waals surface area contributed by atoms with Crippen LogP contribution in [0.1, 0.15) is 55.4 Å². The van der Waals surface area contributed by atoms with E-state index in [1.165, 1.54) is 0 Å². The molecule has 0 radical (unpaired) electrons. The summed E-state index contributed by atoms with van der Waals surface area (Å²) in [6, 6.07) is 0. The molecule has 0 unspecified atom stereocenters. The summed E-state index contributed by atoms with van der Waals surface area (Å²) in [4.78, 5) is 14.2. The second-order valence-corrected chi connectivity index (χ2v) is 6.07. The average molecular weight is 281 g/mol. The van der Waals surface area contributed by atoms with E-state index in [-0.39, 0.29) is 11.4 Å². The number of amides is 1. The average Bonchev–Trinajstić information content (AvgIpc) is 2.75. The summed E-state index contributed by atoms with van der Waals surface area (Å²) >= 11 is 0. The van der Waals surface area contributed by atoms with E-state index in [9.17, 15) is 4.79 Å². The van der Waals surface area contributed by atoms with Gasteiger partial charge in [-0.05, 0) is 41.3 Å². The first-order valence-corrected chi connectivity index (χ1v) is 7.20. The molecular formula is C15H27N3O2. The first-order chi connectivity index (χ1) is 9.29. The van der Waals surface area contributed by atoms with E-state index in [4.69, 9.17) is 4.52 Å². The van der Waals surface area contributed by atoms with Gasteiger partial charge in [0.25, 0.3) is 5.91 Å². The smallest absolute Gasteiger partial charge is 0.273 e. The molecule has 0 saturated heterocycles. The first kappa shape index (κ1) is 16.7. The molecule has 20 heavy (non-hydrogen) atoms. The van der Waals surface area contributed by atoms with Crippen LogP contribution in [-0.2, 0) is 6.42 Å². The van der Waals surface area contributed by atoms with E-state index in [0.29, 0.717) is 12.2 Å². The quantitative estimate of drug-likeness (QED) is 0.833. The maximum Gasteiger partial charge on any atom is 0.273 e. The lowest BCUT2D eigenvalue weighted by molar-refractivity contribution is 0.0910. The van der Waals surface area contributed by atoms with Gasteiger partial charge in [0, 0.05) is 24.1 Å². The topological polar surface area (TPSA) is 58.4 Å². The number of carbonyl (C=O) groups is 1. The summed E-state index contributed by atoms with van der Waals surface area (Å²) in [6.07, 6.45) is 2.98. The van der Waals surface area contributed by atoms with Crippen LogP contribution in [-0.4, -0.2) is 42.1 Å². The van der Waals surface area contributed by atoms with Crippen LogP contribution >= 0.6 is 0 Å². The molecule has 1 heterocycles. The number of nitrogens with one attached hydrogen (secondary N) is 1.